The molecule has 0 saturated carbocycles. The van der Waals surface area contributed by atoms with Crippen LogP contribution in [0.3, 0.4) is 0 Å². The third-order valence-corrected chi connectivity index (χ3v) is 9.04. The van der Waals surface area contributed by atoms with Crippen LogP contribution in [0.4, 0.5) is 0 Å². The number of aliphatic hydroxyl groups is 1. The molecule has 10 heteroatoms. The Bertz CT molecular complexity index is 1750. The summed E-state index contributed by atoms with van der Waals surface area (Å²) in [6, 6.07) is 17.1. The largest absolute Gasteiger partial charge is 0.510 e. The topological polar surface area (TPSA) is 110 Å². The van der Waals surface area contributed by atoms with Crippen molar-refractivity contribution in [2.45, 2.75) is 37.4 Å². The van der Waals surface area contributed by atoms with Crippen LogP contribution in [0.15, 0.2) is 70.3 Å². The average Bonchev–Trinajstić information content (AvgIpc) is 3.55. The summed E-state index contributed by atoms with van der Waals surface area (Å²) < 4.78 is 6.64. The van der Waals surface area contributed by atoms with E-state index in [0.29, 0.717) is 22.6 Å². The van der Waals surface area contributed by atoms with Crippen LogP contribution in [0.2, 0.25) is 0 Å². The Kier molecular flexibility index (Phi) is 6.97. The van der Waals surface area contributed by atoms with Gasteiger partial charge in [0, 0.05) is 4.88 Å². The number of aromatic amines is 1. The second-order valence-electron chi connectivity index (χ2n) is 9.37. The first-order valence-electron chi connectivity index (χ1n) is 12.7. The van der Waals surface area contributed by atoms with Crippen LogP contribution in [-0.4, -0.2) is 43.5 Å². The molecular formula is C29H26N4O4S2. The number of H-pyrrole nitrogens is 1. The third kappa shape index (κ3) is 4.86. The van der Waals surface area contributed by atoms with Crippen molar-refractivity contribution < 1.29 is 14.6 Å². The number of thioether (sulfide) groups is 1. The number of imidazole rings is 1. The van der Waals surface area contributed by atoms with Crippen molar-refractivity contribution in [2.24, 2.45) is 0 Å². The minimum atomic E-state index is -0.705. The molecule has 1 aliphatic rings. The number of rotatable bonds is 7. The van der Waals surface area contributed by atoms with Gasteiger partial charge in [0.25, 0.3) is 5.56 Å². The van der Waals surface area contributed by atoms with E-state index in [1.807, 2.05) is 54.6 Å². The molecule has 0 aliphatic heterocycles. The van der Waals surface area contributed by atoms with Gasteiger partial charge in [0.2, 0.25) is 0 Å². The lowest BCUT2D eigenvalue weighted by atomic mass is 9.97. The molecule has 0 amide bonds. The van der Waals surface area contributed by atoms with Crippen LogP contribution in [-0.2, 0) is 28.9 Å². The molecule has 0 radical (unpaired) electrons. The number of nitrogens with zero attached hydrogens (tertiary/aromatic N) is 3. The highest BCUT2D eigenvalue weighted by atomic mass is 32.2. The lowest BCUT2D eigenvalue weighted by molar-refractivity contribution is -0.133. The van der Waals surface area contributed by atoms with Gasteiger partial charge in [-0.25, -0.2) is 14.8 Å². The highest BCUT2D eigenvalue weighted by Gasteiger charge is 2.25. The summed E-state index contributed by atoms with van der Waals surface area (Å²) in [6.07, 6.45) is 4.06. The summed E-state index contributed by atoms with van der Waals surface area (Å²) in [6.45, 7) is 0.355. The van der Waals surface area contributed by atoms with Crippen LogP contribution in [0.5, 0.6) is 0 Å². The molecule has 0 unspecified atom stereocenters. The number of esters is 1. The number of ether oxygens (including phenoxy) is 1. The van der Waals surface area contributed by atoms with Crippen LogP contribution in [0.1, 0.15) is 34.7 Å². The number of aryl methyl sites for hydroxylation is 2. The summed E-state index contributed by atoms with van der Waals surface area (Å²) >= 11 is 2.80. The molecule has 198 valence electrons. The Morgan fingerprint density at radius 1 is 1.10 bits per heavy atom. The number of benzene rings is 2. The third-order valence-electron chi connectivity index (χ3n) is 6.87. The normalized spacial score (nSPS) is 13.9. The number of hydrogen-bond donors (Lipinski definition) is 2. The SMILES string of the molecule is COC(=O)/C(=C(/O)CSc1nc2sc3c(c2c(=O)n1Cc1ccccc1)CCCC3)c1nc2ccccc2[nH]1. The Morgan fingerprint density at radius 3 is 2.67 bits per heavy atom. The number of carbonyl (C=O) groups excluding carboxylic acids is 1. The highest BCUT2D eigenvalue weighted by Crippen LogP contribution is 2.35. The van der Waals surface area contributed by atoms with Gasteiger partial charge in [-0.1, -0.05) is 54.2 Å². The van der Waals surface area contributed by atoms with Gasteiger partial charge >= 0.3 is 5.97 Å². The molecule has 0 spiro atoms. The van der Waals surface area contributed by atoms with Crippen molar-refractivity contribution in [3.63, 3.8) is 0 Å². The molecule has 1 aliphatic carbocycles. The number of aromatic nitrogens is 4. The maximum absolute atomic E-state index is 13.9. The quantitative estimate of drug-likeness (QED) is 0.0893. The van der Waals surface area contributed by atoms with E-state index in [9.17, 15) is 14.7 Å². The smallest absolute Gasteiger partial charge is 0.345 e. The number of thiophene rings is 1. The fraction of sp³-hybridized carbons (Fsp3) is 0.241. The molecule has 6 rings (SSSR count). The van der Waals surface area contributed by atoms with Crippen LogP contribution in [0, 0.1) is 0 Å². The molecule has 0 bridgehead atoms. The molecule has 39 heavy (non-hydrogen) atoms. The van der Waals surface area contributed by atoms with E-state index in [4.69, 9.17) is 9.72 Å². The molecule has 0 saturated heterocycles. The van der Waals surface area contributed by atoms with Crippen molar-refractivity contribution in [1.82, 2.24) is 19.5 Å². The van der Waals surface area contributed by atoms with E-state index in [0.717, 1.165) is 47.2 Å². The van der Waals surface area contributed by atoms with Crippen molar-refractivity contribution in [3.05, 3.63) is 92.5 Å². The van der Waals surface area contributed by atoms with Gasteiger partial charge in [0.05, 0.1) is 35.8 Å². The van der Waals surface area contributed by atoms with Crippen LogP contribution >= 0.6 is 23.1 Å². The van der Waals surface area contributed by atoms with Gasteiger partial charge < -0.3 is 14.8 Å². The van der Waals surface area contributed by atoms with Gasteiger partial charge in [-0.05, 0) is 48.9 Å². The van der Waals surface area contributed by atoms with Gasteiger partial charge in [-0.3, -0.25) is 9.36 Å². The molecular weight excluding hydrogens is 532 g/mol. The summed E-state index contributed by atoms with van der Waals surface area (Å²) in [5, 5.41) is 12.3. The Hall–Kier alpha value is -3.89. The average molecular weight is 559 g/mol. The van der Waals surface area contributed by atoms with Gasteiger partial charge in [0.15, 0.2) is 5.16 Å². The number of aliphatic hydroxyl groups excluding tert-OH is 1. The summed E-state index contributed by atoms with van der Waals surface area (Å²) in [4.78, 5) is 41.1. The molecule has 8 nitrogen and oxygen atoms in total. The lowest BCUT2D eigenvalue weighted by Crippen LogP contribution is -2.24. The van der Waals surface area contributed by atoms with E-state index in [1.54, 1.807) is 15.9 Å². The van der Waals surface area contributed by atoms with Gasteiger partial charge in [-0.2, -0.15) is 0 Å². The fourth-order valence-corrected chi connectivity index (χ4v) is 7.14. The first kappa shape index (κ1) is 25.4. The number of hydrogen-bond acceptors (Lipinski definition) is 8. The molecule has 2 N–H and O–H groups in total. The number of fused-ring (bicyclic) bond motifs is 4. The first-order chi connectivity index (χ1) is 19.0. The van der Waals surface area contributed by atoms with E-state index in [-0.39, 0.29) is 28.5 Å². The van der Waals surface area contributed by atoms with E-state index in [2.05, 4.69) is 9.97 Å². The lowest BCUT2D eigenvalue weighted by Gasteiger charge is -2.14. The van der Waals surface area contributed by atoms with Crippen molar-refractivity contribution in [3.8, 4) is 0 Å². The fourth-order valence-electron chi connectivity index (χ4n) is 4.96. The predicted molar refractivity (Wildman–Crippen MR) is 154 cm³/mol. The molecule has 0 fully saturated rings. The van der Waals surface area contributed by atoms with E-state index >= 15 is 0 Å². The van der Waals surface area contributed by atoms with Gasteiger partial charge in [-0.15, -0.1) is 11.3 Å². The van der Waals surface area contributed by atoms with Crippen molar-refractivity contribution >= 4 is 55.9 Å². The van der Waals surface area contributed by atoms with Crippen LogP contribution in [0.25, 0.3) is 26.8 Å². The molecule has 0 atom stereocenters. The number of para-hydroxylation sites is 2. The van der Waals surface area contributed by atoms with Crippen molar-refractivity contribution in [2.75, 3.05) is 12.9 Å². The molecule has 3 heterocycles. The maximum atomic E-state index is 13.9. The monoisotopic (exact) mass is 558 g/mol. The molecule has 3 aromatic heterocycles. The highest BCUT2D eigenvalue weighted by molar-refractivity contribution is 7.99. The van der Waals surface area contributed by atoms with Crippen molar-refractivity contribution in [1.29, 1.82) is 0 Å². The minimum Gasteiger partial charge on any atom is -0.510 e. The predicted octanol–water partition coefficient (Wildman–Crippen LogP) is 5.50. The maximum Gasteiger partial charge on any atom is 0.345 e. The summed E-state index contributed by atoms with van der Waals surface area (Å²) in [5.74, 6) is -0.698. The number of nitrogens with one attached hydrogen (secondary N) is 1. The summed E-state index contributed by atoms with van der Waals surface area (Å²) in [5.41, 5.74) is 3.40. The zero-order valence-electron chi connectivity index (χ0n) is 21.3. The van der Waals surface area contributed by atoms with E-state index in [1.165, 1.54) is 23.7 Å². The number of carbonyl (C=O) groups is 1. The second-order valence-corrected chi connectivity index (χ2v) is 11.4. The first-order valence-corrected chi connectivity index (χ1v) is 14.5. The van der Waals surface area contributed by atoms with Gasteiger partial charge in [0.1, 0.15) is 22.0 Å². The second kappa shape index (κ2) is 10.7. The Morgan fingerprint density at radius 2 is 1.87 bits per heavy atom. The number of methoxy groups -OCH3 is 1. The summed E-state index contributed by atoms with van der Waals surface area (Å²) in [7, 11) is 1.26. The Labute approximate surface area is 232 Å². The minimum absolute atomic E-state index is 0.000690. The Balaban J connectivity index is 1.41. The molecule has 2 aromatic carbocycles. The van der Waals surface area contributed by atoms with Crippen LogP contribution < -0.4 is 5.56 Å². The zero-order valence-corrected chi connectivity index (χ0v) is 22.9. The van der Waals surface area contributed by atoms with E-state index < -0.39 is 5.97 Å². The standard InChI is InChI=1S/C29H26N4O4S2/c1-37-28(36)24(25-30-19-12-6-7-13-20(19)31-25)21(34)16-38-29-32-26-23(18-11-5-8-14-22(18)39-26)27(35)33(29)15-17-9-3-2-4-10-17/h2-4,6-7,9-10,12-13,34H,5,8,11,14-16H2,1H3,(H,30,31)/b24-21+. The zero-order chi connectivity index (χ0) is 26.9. The molecule has 5 aromatic rings.